The van der Waals surface area contributed by atoms with Gasteiger partial charge in [0.05, 0.1) is 16.7 Å². The van der Waals surface area contributed by atoms with Gasteiger partial charge >= 0.3 is 0 Å². The van der Waals surface area contributed by atoms with Gasteiger partial charge in [-0.1, -0.05) is 22.0 Å². The Balaban J connectivity index is 1.69. The minimum Gasteiger partial charge on any atom is -0.336 e. The van der Waals surface area contributed by atoms with Crippen LogP contribution in [0.2, 0.25) is 0 Å². The average Bonchev–Trinajstić information content (AvgIpc) is 3.01. The van der Waals surface area contributed by atoms with Crippen molar-refractivity contribution in [2.24, 2.45) is 7.05 Å². The number of hydrogen-bond acceptors (Lipinski definition) is 4. The molecule has 24 heavy (non-hydrogen) atoms. The van der Waals surface area contributed by atoms with Crippen molar-refractivity contribution >= 4 is 31.9 Å². The molecule has 0 unspecified atom stereocenters. The number of benzene rings is 1. The molecule has 0 N–H and O–H groups in total. The molecule has 1 aliphatic heterocycles. The molecule has 1 saturated heterocycles. The first-order valence-electron chi connectivity index (χ1n) is 7.41. The summed E-state index contributed by atoms with van der Waals surface area (Å²) in [6, 6.07) is 6.64. The first kappa shape index (κ1) is 17.1. The van der Waals surface area contributed by atoms with Crippen molar-refractivity contribution in [1.29, 1.82) is 0 Å². The fraction of sp³-hybridized carbons (Fsp3) is 0.333. The smallest absolute Gasteiger partial charge is 0.257 e. The van der Waals surface area contributed by atoms with Crippen LogP contribution in [-0.2, 0) is 17.1 Å². The lowest BCUT2D eigenvalue weighted by Crippen LogP contribution is -2.50. The van der Waals surface area contributed by atoms with Crippen molar-refractivity contribution in [2.75, 3.05) is 26.2 Å². The Hall–Kier alpha value is -1.71. The standard InChI is InChI=1S/C15H17BrN4O3S/c1-18-11-12(10-17-18)15(21)19-5-7-20(8-6-19)24(22,23)14-4-2-3-13(16)9-14/h2-4,9-11H,5-8H2,1H3. The van der Waals surface area contributed by atoms with Crippen LogP contribution >= 0.6 is 15.9 Å². The summed E-state index contributed by atoms with van der Waals surface area (Å²) in [6.45, 7) is 1.28. The molecule has 2 heterocycles. The molecule has 0 saturated carbocycles. The molecule has 1 fully saturated rings. The maximum atomic E-state index is 12.7. The number of aryl methyl sites for hydroxylation is 1. The molecular weight excluding hydrogens is 396 g/mol. The lowest BCUT2D eigenvalue weighted by Gasteiger charge is -2.33. The highest BCUT2D eigenvalue weighted by Crippen LogP contribution is 2.21. The van der Waals surface area contributed by atoms with Gasteiger partial charge < -0.3 is 4.90 Å². The highest BCUT2D eigenvalue weighted by molar-refractivity contribution is 9.10. The highest BCUT2D eigenvalue weighted by Gasteiger charge is 2.30. The fourth-order valence-electron chi connectivity index (χ4n) is 2.62. The zero-order valence-corrected chi connectivity index (χ0v) is 15.5. The summed E-state index contributed by atoms with van der Waals surface area (Å²) in [5, 5.41) is 3.99. The van der Waals surface area contributed by atoms with Crippen LogP contribution < -0.4 is 0 Å². The molecule has 0 bridgehead atoms. The third-order valence-corrected chi connectivity index (χ3v) is 6.30. The molecule has 1 aromatic heterocycles. The molecule has 1 aromatic carbocycles. The van der Waals surface area contributed by atoms with Crippen LogP contribution in [0.1, 0.15) is 10.4 Å². The van der Waals surface area contributed by atoms with Gasteiger partial charge in [0, 0.05) is 43.9 Å². The van der Waals surface area contributed by atoms with E-state index >= 15 is 0 Å². The number of aromatic nitrogens is 2. The Morgan fingerprint density at radius 2 is 1.92 bits per heavy atom. The van der Waals surface area contributed by atoms with Crippen molar-refractivity contribution < 1.29 is 13.2 Å². The van der Waals surface area contributed by atoms with E-state index in [1.807, 2.05) is 0 Å². The van der Waals surface area contributed by atoms with Gasteiger partial charge in [0.2, 0.25) is 10.0 Å². The van der Waals surface area contributed by atoms with Crippen molar-refractivity contribution in [3.05, 3.63) is 46.7 Å². The normalized spacial score (nSPS) is 16.3. The molecule has 2 aromatic rings. The topological polar surface area (TPSA) is 75.5 Å². The summed E-state index contributed by atoms with van der Waals surface area (Å²) in [4.78, 5) is 14.3. The Morgan fingerprint density at radius 3 is 2.50 bits per heavy atom. The van der Waals surface area contributed by atoms with Crippen LogP contribution in [-0.4, -0.2) is 59.5 Å². The third kappa shape index (κ3) is 3.38. The van der Waals surface area contributed by atoms with Crippen molar-refractivity contribution in [2.45, 2.75) is 4.90 Å². The number of nitrogens with zero attached hydrogens (tertiary/aromatic N) is 4. The first-order valence-corrected chi connectivity index (χ1v) is 9.65. The van der Waals surface area contributed by atoms with Gasteiger partial charge in [0.25, 0.3) is 5.91 Å². The number of rotatable bonds is 3. The van der Waals surface area contributed by atoms with Gasteiger partial charge in [-0.15, -0.1) is 0 Å². The molecule has 1 amide bonds. The number of hydrogen-bond donors (Lipinski definition) is 0. The van der Waals surface area contributed by atoms with Crippen LogP contribution in [0.5, 0.6) is 0 Å². The lowest BCUT2D eigenvalue weighted by molar-refractivity contribution is 0.0698. The molecule has 0 aliphatic carbocycles. The van der Waals surface area contributed by atoms with Crippen LogP contribution in [0.25, 0.3) is 0 Å². The van der Waals surface area contributed by atoms with E-state index in [0.29, 0.717) is 23.1 Å². The second kappa shape index (κ2) is 6.66. The SMILES string of the molecule is Cn1cc(C(=O)N2CCN(S(=O)(=O)c3cccc(Br)c3)CC2)cn1. The van der Waals surface area contributed by atoms with Gasteiger partial charge in [-0.2, -0.15) is 9.40 Å². The van der Waals surface area contributed by atoms with E-state index in [0.717, 1.165) is 0 Å². The predicted molar refractivity (Wildman–Crippen MR) is 92.0 cm³/mol. The minimum atomic E-state index is -3.55. The monoisotopic (exact) mass is 412 g/mol. The van der Waals surface area contributed by atoms with E-state index in [9.17, 15) is 13.2 Å². The largest absolute Gasteiger partial charge is 0.336 e. The second-order valence-corrected chi connectivity index (χ2v) is 8.41. The summed E-state index contributed by atoms with van der Waals surface area (Å²) < 4.78 is 29.1. The van der Waals surface area contributed by atoms with Crippen LogP contribution in [0.15, 0.2) is 46.0 Å². The Morgan fingerprint density at radius 1 is 1.21 bits per heavy atom. The van der Waals surface area contributed by atoms with E-state index < -0.39 is 10.0 Å². The minimum absolute atomic E-state index is 0.123. The number of sulfonamides is 1. The highest BCUT2D eigenvalue weighted by atomic mass is 79.9. The zero-order valence-electron chi connectivity index (χ0n) is 13.1. The second-order valence-electron chi connectivity index (χ2n) is 5.56. The number of amides is 1. The summed E-state index contributed by atoms with van der Waals surface area (Å²) >= 11 is 3.29. The lowest BCUT2D eigenvalue weighted by atomic mass is 10.2. The molecule has 128 valence electrons. The van der Waals surface area contributed by atoms with Gasteiger partial charge in [-0.25, -0.2) is 8.42 Å². The zero-order chi connectivity index (χ0) is 17.3. The molecule has 0 spiro atoms. The molecule has 0 radical (unpaired) electrons. The van der Waals surface area contributed by atoms with Crippen molar-refractivity contribution in [3.63, 3.8) is 0 Å². The number of halogens is 1. The number of carbonyl (C=O) groups excluding carboxylic acids is 1. The van der Waals surface area contributed by atoms with Crippen LogP contribution in [0.3, 0.4) is 0 Å². The summed E-state index contributed by atoms with van der Waals surface area (Å²) in [5.41, 5.74) is 0.515. The molecule has 1 aliphatic rings. The van der Waals surface area contributed by atoms with Gasteiger partial charge in [0.1, 0.15) is 0 Å². The quantitative estimate of drug-likeness (QED) is 0.761. The molecule has 0 atom stereocenters. The third-order valence-electron chi connectivity index (χ3n) is 3.91. The van der Waals surface area contributed by atoms with Crippen molar-refractivity contribution in [1.82, 2.24) is 19.0 Å². The van der Waals surface area contributed by atoms with E-state index in [1.54, 1.807) is 47.1 Å². The van der Waals surface area contributed by atoms with Gasteiger partial charge in [-0.05, 0) is 18.2 Å². The summed E-state index contributed by atoms with van der Waals surface area (Å²) in [6.07, 6.45) is 3.18. The summed E-state index contributed by atoms with van der Waals surface area (Å²) in [5.74, 6) is -0.123. The maximum Gasteiger partial charge on any atom is 0.257 e. The fourth-order valence-corrected chi connectivity index (χ4v) is 4.64. The average molecular weight is 413 g/mol. The van der Waals surface area contributed by atoms with E-state index in [-0.39, 0.29) is 23.9 Å². The maximum absolute atomic E-state index is 12.7. The van der Waals surface area contributed by atoms with E-state index in [2.05, 4.69) is 21.0 Å². The van der Waals surface area contributed by atoms with Gasteiger partial charge in [0.15, 0.2) is 0 Å². The summed E-state index contributed by atoms with van der Waals surface area (Å²) in [7, 11) is -1.80. The Labute approximate surface area is 149 Å². The predicted octanol–water partition coefficient (Wildman–Crippen LogP) is 1.33. The van der Waals surface area contributed by atoms with E-state index in [4.69, 9.17) is 0 Å². The first-order chi connectivity index (χ1) is 11.4. The number of piperazine rings is 1. The van der Waals surface area contributed by atoms with E-state index in [1.165, 1.54) is 10.5 Å². The molecule has 3 rings (SSSR count). The molecule has 9 heteroatoms. The number of carbonyl (C=O) groups is 1. The molecular formula is C15H17BrN4O3S. The van der Waals surface area contributed by atoms with Crippen LogP contribution in [0, 0.1) is 0 Å². The van der Waals surface area contributed by atoms with Crippen molar-refractivity contribution in [3.8, 4) is 0 Å². The Bertz CT molecular complexity index is 857. The molecule has 7 nitrogen and oxygen atoms in total. The van der Waals surface area contributed by atoms with Crippen LogP contribution in [0.4, 0.5) is 0 Å². The van der Waals surface area contributed by atoms with Gasteiger partial charge in [-0.3, -0.25) is 9.48 Å². The Kier molecular flexibility index (Phi) is 4.75.